The largest absolute Gasteiger partial charge is 0.481 e. The third kappa shape index (κ3) is 4.19. The first kappa shape index (κ1) is 14.9. The molecule has 0 aliphatic rings. The molecule has 0 aliphatic heterocycles. The highest BCUT2D eigenvalue weighted by Gasteiger charge is 2.23. The molecule has 0 spiro atoms. The molecule has 0 aromatic carbocycles. The molecule has 1 aromatic rings. The van der Waals surface area contributed by atoms with Gasteiger partial charge in [-0.05, 0) is 20.8 Å². The van der Waals surface area contributed by atoms with Gasteiger partial charge in [0.15, 0.2) is 5.82 Å². The topological polar surface area (TPSA) is 124 Å². The first-order valence-corrected chi connectivity index (χ1v) is 5.98. The van der Waals surface area contributed by atoms with Gasteiger partial charge in [0.2, 0.25) is 0 Å². The number of hydrogen-bond acceptors (Lipinski definition) is 5. The molecule has 9 nitrogen and oxygen atoms in total. The summed E-state index contributed by atoms with van der Waals surface area (Å²) in [6, 6.07) is -1.15. The lowest BCUT2D eigenvalue weighted by atomic mass is 10.2. The molecule has 0 fully saturated rings. The van der Waals surface area contributed by atoms with E-state index in [1.165, 1.54) is 4.90 Å². The van der Waals surface area contributed by atoms with Crippen LogP contribution in [0.5, 0.6) is 0 Å². The van der Waals surface area contributed by atoms with E-state index in [0.29, 0.717) is 12.4 Å². The van der Waals surface area contributed by atoms with Crippen LogP contribution in [0.2, 0.25) is 0 Å². The predicted octanol–water partition coefficient (Wildman–Crippen LogP) is 0.155. The summed E-state index contributed by atoms with van der Waals surface area (Å²) in [6.07, 6.45) is -0.0994. The molecular formula is C10H18N6O3. The third-order valence-corrected chi connectivity index (χ3v) is 2.69. The van der Waals surface area contributed by atoms with Crippen molar-refractivity contribution in [2.45, 2.75) is 39.3 Å². The van der Waals surface area contributed by atoms with Gasteiger partial charge in [0.1, 0.15) is 0 Å². The first-order chi connectivity index (χ1) is 8.95. The lowest BCUT2D eigenvalue weighted by molar-refractivity contribution is -0.138. The van der Waals surface area contributed by atoms with Gasteiger partial charge < -0.3 is 15.3 Å². The van der Waals surface area contributed by atoms with Crippen LogP contribution in [0.15, 0.2) is 0 Å². The average molecular weight is 270 g/mol. The molecule has 3 N–H and O–H groups in total. The summed E-state index contributed by atoms with van der Waals surface area (Å²) in [6.45, 7) is 5.62. The Bertz CT molecular complexity index is 421. The van der Waals surface area contributed by atoms with Crippen molar-refractivity contribution in [2.75, 3.05) is 6.54 Å². The molecule has 1 heterocycles. The Hall–Kier alpha value is -2.19. The quantitative estimate of drug-likeness (QED) is 0.676. The van der Waals surface area contributed by atoms with Crippen LogP contribution in [-0.4, -0.2) is 55.2 Å². The maximum Gasteiger partial charge on any atom is 0.318 e. The van der Waals surface area contributed by atoms with Crippen LogP contribution < -0.4 is 5.32 Å². The van der Waals surface area contributed by atoms with Crippen molar-refractivity contribution < 1.29 is 14.7 Å². The van der Waals surface area contributed by atoms with Crippen molar-refractivity contribution >= 4 is 12.0 Å². The number of hydrogen-bond donors (Lipinski definition) is 3. The van der Waals surface area contributed by atoms with Gasteiger partial charge in [-0.1, -0.05) is 5.21 Å². The van der Waals surface area contributed by atoms with Gasteiger partial charge in [-0.2, -0.15) is 5.21 Å². The number of H-pyrrole nitrogens is 1. The zero-order valence-electron chi connectivity index (χ0n) is 11.1. The van der Waals surface area contributed by atoms with Crippen LogP contribution in [0.4, 0.5) is 4.79 Å². The van der Waals surface area contributed by atoms with E-state index in [9.17, 15) is 9.59 Å². The minimum atomic E-state index is -0.940. The highest BCUT2D eigenvalue weighted by Crippen LogP contribution is 2.08. The number of carbonyl (C=O) groups is 2. The van der Waals surface area contributed by atoms with Gasteiger partial charge >= 0.3 is 12.0 Å². The van der Waals surface area contributed by atoms with E-state index in [0.717, 1.165) is 0 Å². The normalized spacial score (nSPS) is 13.6. The number of aromatic nitrogens is 4. The lowest BCUT2D eigenvalue weighted by Crippen LogP contribution is -2.46. The second-order valence-corrected chi connectivity index (χ2v) is 4.17. The Morgan fingerprint density at radius 3 is 2.63 bits per heavy atom. The highest BCUT2D eigenvalue weighted by molar-refractivity contribution is 5.76. The molecule has 9 heteroatoms. The van der Waals surface area contributed by atoms with E-state index in [1.54, 1.807) is 20.8 Å². The monoisotopic (exact) mass is 270 g/mol. The molecule has 2 unspecified atom stereocenters. The van der Waals surface area contributed by atoms with Gasteiger partial charge in [-0.3, -0.25) is 4.79 Å². The van der Waals surface area contributed by atoms with Crippen LogP contribution in [0, 0.1) is 0 Å². The maximum atomic E-state index is 12.0. The smallest absolute Gasteiger partial charge is 0.318 e. The van der Waals surface area contributed by atoms with Gasteiger partial charge in [0, 0.05) is 12.6 Å². The van der Waals surface area contributed by atoms with Gasteiger partial charge in [0.25, 0.3) is 0 Å². The Kier molecular flexibility index (Phi) is 5.22. The number of tetrazole rings is 1. The number of nitrogens with zero attached hydrogens (tertiary/aromatic N) is 4. The van der Waals surface area contributed by atoms with Crippen molar-refractivity contribution in [3.8, 4) is 0 Å². The molecule has 1 aromatic heterocycles. The predicted molar refractivity (Wildman–Crippen MR) is 65.2 cm³/mol. The molecule has 19 heavy (non-hydrogen) atoms. The standard InChI is InChI=1S/C10H18N6O3/c1-4-16(6(2)5-8(17)18)10(19)11-7(3)9-12-14-15-13-9/h6-7H,4-5H2,1-3H3,(H,11,19)(H,17,18)(H,12,13,14,15). The number of urea groups is 1. The molecule has 0 aliphatic carbocycles. The second kappa shape index (κ2) is 6.66. The van der Waals surface area contributed by atoms with Crippen LogP contribution in [-0.2, 0) is 4.79 Å². The van der Waals surface area contributed by atoms with Crippen molar-refractivity contribution in [3.63, 3.8) is 0 Å². The molecule has 0 saturated heterocycles. The summed E-state index contributed by atoms with van der Waals surface area (Å²) in [5.74, 6) is -0.569. The van der Waals surface area contributed by atoms with Crippen molar-refractivity contribution in [1.29, 1.82) is 0 Å². The van der Waals surface area contributed by atoms with E-state index in [2.05, 4.69) is 25.9 Å². The van der Waals surface area contributed by atoms with Crippen LogP contribution in [0.25, 0.3) is 0 Å². The minimum absolute atomic E-state index is 0.0994. The number of amides is 2. The molecule has 106 valence electrons. The first-order valence-electron chi connectivity index (χ1n) is 5.98. The molecular weight excluding hydrogens is 252 g/mol. The van der Waals surface area contributed by atoms with E-state index in [1.807, 2.05) is 0 Å². The van der Waals surface area contributed by atoms with E-state index < -0.39 is 12.0 Å². The Morgan fingerprint density at radius 2 is 2.16 bits per heavy atom. The van der Waals surface area contributed by atoms with E-state index in [-0.39, 0.29) is 18.5 Å². The van der Waals surface area contributed by atoms with Crippen molar-refractivity contribution in [2.24, 2.45) is 0 Å². The summed E-state index contributed by atoms with van der Waals surface area (Å²) >= 11 is 0. The molecule has 2 amide bonds. The fourth-order valence-electron chi connectivity index (χ4n) is 1.70. The Balaban J connectivity index is 2.61. The van der Waals surface area contributed by atoms with Crippen LogP contribution in [0.3, 0.4) is 0 Å². The summed E-state index contributed by atoms with van der Waals surface area (Å²) in [4.78, 5) is 24.2. The van der Waals surface area contributed by atoms with Gasteiger partial charge in [0.05, 0.1) is 12.5 Å². The average Bonchev–Trinajstić information content (AvgIpc) is 2.81. The summed E-state index contributed by atoms with van der Waals surface area (Å²) < 4.78 is 0. The zero-order chi connectivity index (χ0) is 14.4. The number of aliphatic carboxylic acids is 1. The molecule has 0 radical (unpaired) electrons. The summed E-state index contributed by atoms with van der Waals surface area (Å²) in [5, 5.41) is 24.7. The van der Waals surface area contributed by atoms with Crippen molar-refractivity contribution in [1.82, 2.24) is 30.8 Å². The molecule has 2 atom stereocenters. The van der Waals surface area contributed by atoms with Crippen LogP contribution >= 0.6 is 0 Å². The van der Waals surface area contributed by atoms with E-state index >= 15 is 0 Å². The maximum absolute atomic E-state index is 12.0. The Labute approximate surface area is 110 Å². The number of carboxylic acid groups (broad SMARTS) is 1. The van der Waals surface area contributed by atoms with Gasteiger partial charge in [-0.15, -0.1) is 10.2 Å². The Morgan fingerprint density at radius 1 is 1.47 bits per heavy atom. The minimum Gasteiger partial charge on any atom is -0.481 e. The summed E-state index contributed by atoms with van der Waals surface area (Å²) in [5.41, 5.74) is 0. The highest BCUT2D eigenvalue weighted by atomic mass is 16.4. The number of aromatic amines is 1. The zero-order valence-corrected chi connectivity index (χ0v) is 11.1. The molecule has 0 saturated carbocycles. The lowest BCUT2D eigenvalue weighted by Gasteiger charge is -2.28. The summed E-state index contributed by atoms with van der Waals surface area (Å²) in [7, 11) is 0. The van der Waals surface area contributed by atoms with Crippen LogP contribution in [0.1, 0.15) is 39.1 Å². The second-order valence-electron chi connectivity index (χ2n) is 4.17. The fourth-order valence-corrected chi connectivity index (χ4v) is 1.70. The number of carbonyl (C=O) groups excluding carboxylic acids is 1. The van der Waals surface area contributed by atoms with Gasteiger partial charge in [-0.25, -0.2) is 4.79 Å². The molecule has 1 rings (SSSR count). The number of rotatable bonds is 6. The number of carboxylic acids is 1. The van der Waals surface area contributed by atoms with Crippen molar-refractivity contribution in [3.05, 3.63) is 5.82 Å². The SMILES string of the molecule is CCN(C(=O)NC(C)c1nn[nH]n1)C(C)CC(=O)O. The number of nitrogens with one attached hydrogen (secondary N) is 2. The van der Waals surface area contributed by atoms with E-state index in [4.69, 9.17) is 5.11 Å². The fraction of sp³-hybridized carbons (Fsp3) is 0.700. The third-order valence-electron chi connectivity index (χ3n) is 2.69. The molecule has 0 bridgehead atoms.